The second kappa shape index (κ2) is 11.9. The molecular formula is C31H32N6O7. The van der Waals surface area contributed by atoms with Gasteiger partial charge in [-0.2, -0.15) is 4.98 Å². The van der Waals surface area contributed by atoms with Crippen molar-refractivity contribution in [3.05, 3.63) is 76.3 Å². The number of carbonyl (C=O) groups is 3. The first kappa shape index (κ1) is 29.1. The number of hydrogen-bond donors (Lipinski definition) is 3. The fourth-order valence-corrected chi connectivity index (χ4v) is 5.95. The quantitative estimate of drug-likeness (QED) is 0.261. The molecule has 0 unspecified atom stereocenters. The van der Waals surface area contributed by atoms with Crippen LogP contribution in [0.3, 0.4) is 0 Å². The summed E-state index contributed by atoms with van der Waals surface area (Å²) in [6, 6.07) is 15.2. The molecule has 1 saturated heterocycles. The number of amides is 2. The van der Waals surface area contributed by atoms with Crippen LogP contribution in [0, 0.1) is 5.92 Å². The zero-order chi connectivity index (χ0) is 31.0. The SMILES string of the molecule is CC(C)C(=O)Nc1nc2c(ncn2[C@@H]2C[C@@H](COCC(=O)O)N(C(=O)OCC3c4ccccc4-c4ccccc43)C2)c(=O)[nH]1. The molecule has 228 valence electrons. The number of aliphatic carboxylic acids is 1. The average Bonchev–Trinajstić information content (AvgIpc) is 3.70. The Kier molecular flexibility index (Phi) is 7.87. The van der Waals surface area contributed by atoms with E-state index >= 15 is 0 Å². The molecule has 0 saturated carbocycles. The van der Waals surface area contributed by atoms with Gasteiger partial charge in [0.15, 0.2) is 11.2 Å². The van der Waals surface area contributed by atoms with Crippen molar-refractivity contribution >= 4 is 35.1 Å². The predicted octanol–water partition coefficient (Wildman–Crippen LogP) is 3.38. The van der Waals surface area contributed by atoms with Crippen molar-refractivity contribution < 1.29 is 29.0 Å². The highest BCUT2D eigenvalue weighted by molar-refractivity contribution is 5.91. The number of nitrogens with zero attached hydrogens (tertiary/aromatic N) is 4. The first-order chi connectivity index (χ1) is 21.2. The number of rotatable bonds is 9. The van der Waals surface area contributed by atoms with Crippen molar-refractivity contribution in [1.82, 2.24) is 24.4 Å². The monoisotopic (exact) mass is 600 g/mol. The van der Waals surface area contributed by atoms with E-state index in [2.05, 4.69) is 32.4 Å². The molecule has 2 amide bonds. The van der Waals surface area contributed by atoms with E-state index in [0.29, 0.717) is 6.42 Å². The number of carboxylic acid groups (broad SMARTS) is 1. The summed E-state index contributed by atoms with van der Waals surface area (Å²) in [6.07, 6.45) is 1.29. The van der Waals surface area contributed by atoms with Gasteiger partial charge in [0.05, 0.1) is 25.0 Å². The minimum atomic E-state index is -1.12. The van der Waals surface area contributed by atoms with Gasteiger partial charge in [-0.05, 0) is 28.7 Å². The van der Waals surface area contributed by atoms with Crippen molar-refractivity contribution in [2.24, 2.45) is 5.92 Å². The number of anilines is 1. The Bertz CT molecular complexity index is 1750. The lowest BCUT2D eigenvalue weighted by molar-refractivity contribution is -0.142. The molecule has 3 heterocycles. The Morgan fingerprint density at radius 1 is 1.07 bits per heavy atom. The van der Waals surface area contributed by atoms with Crippen LogP contribution >= 0.6 is 0 Å². The summed E-state index contributed by atoms with van der Waals surface area (Å²) in [4.78, 5) is 62.4. The number of carboxylic acids is 1. The molecule has 2 atom stereocenters. The zero-order valence-corrected chi connectivity index (χ0v) is 24.2. The van der Waals surface area contributed by atoms with Crippen LogP contribution in [0.2, 0.25) is 0 Å². The van der Waals surface area contributed by atoms with Crippen molar-refractivity contribution in [2.75, 3.05) is 31.7 Å². The molecule has 0 bridgehead atoms. The summed E-state index contributed by atoms with van der Waals surface area (Å²) in [7, 11) is 0. The van der Waals surface area contributed by atoms with Gasteiger partial charge in [0.25, 0.3) is 5.56 Å². The highest BCUT2D eigenvalue weighted by Gasteiger charge is 2.39. The molecule has 0 radical (unpaired) electrons. The topological polar surface area (TPSA) is 169 Å². The number of ether oxygens (including phenoxy) is 2. The summed E-state index contributed by atoms with van der Waals surface area (Å²) < 4.78 is 13.0. The van der Waals surface area contributed by atoms with Crippen LogP contribution in [0.1, 0.15) is 43.4 Å². The van der Waals surface area contributed by atoms with Gasteiger partial charge in [0.2, 0.25) is 11.9 Å². The molecule has 4 aromatic rings. The van der Waals surface area contributed by atoms with Crippen molar-refractivity contribution in [2.45, 2.75) is 38.3 Å². The van der Waals surface area contributed by atoms with Gasteiger partial charge in [0, 0.05) is 18.4 Å². The maximum absolute atomic E-state index is 13.6. The fraction of sp³-hybridized carbons (Fsp3) is 0.355. The summed E-state index contributed by atoms with van der Waals surface area (Å²) in [5.74, 6) is -1.88. The van der Waals surface area contributed by atoms with Gasteiger partial charge in [-0.15, -0.1) is 0 Å². The van der Waals surface area contributed by atoms with E-state index in [4.69, 9.17) is 14.6 Å². The molecule has 1 aliphatic carbocycles. The Labute approximate surface area is 251 Å². The Morgan fingerprint density at radius 2 is 1.75 bits per heavy atom. The number of likely N-dealkylation sites (tertiary alicyclic amines) is 1. The third-order valence-electron chi connectivity index (χ3n) is 8.09. The lowest BCUT2D eigenvalue weighted by Crippen LogP contribution is -2.39. The van der Waals surface area contributed by atoms with E-state index in [0.717, 1.165) is 22.3 Å². The van der Waals surface area contributed by atoms with Crippen LogP contribution < -0.4 is 10.9 Å². The molecule has 1 fully saturated rings. The van der Waals surface area contributed by atoms with Crippen LogP contribution in [0.25, 0.3) is 22.3 Å². The highest BCUT2D eigenvalue weighted by atomic mass is 16.6. The number of aromatic nitrogens is 4. The third-order valence-corrected chi connectivity index (χ3v) is 8.09. The number of aromatic amines is 1. The number of carbonyl (C=O) groups excluding carboxylic acids is 2. The van der Waals surface area contributed by atoms with Crippen molar-refractivity contribution in [3.8, 4) is 11.1 Å². The number of benzene rings is 2. The van der Waals surface area contributed by atoms with Crippen molar-refractivity contribution in [3.63, 3.8) is 0 Å². The second-order valence-electron chi connectivity index (χ2n) is 11.3. The first-order valence-electron chi connectivity index (χ1n) is 14.4. The number of fused-ring (bicyclic) bond motifs is 4. The van der Waals surface area contributed by atoms with E-state index in [9.17, 15) is 19.2 Å². The lowest BCUT2D eigenvalue weighted by atomic mass is 9.98. The van der Waals surface area contributed by atoms with Gasteiger partial charge >= 0.3 is 12.1 Å². The standard InChI is InChI=1S/C31H32N6O7/c1-17(2)28(40)34-30-33-27-26(29(41)35-30)32-16-37(27)18-11-19(13-43-15-25(38)39)36(12-18)31(42)44-14-24-22-9-5-3-7-20(22)21-8-4-6-10-23(21)24/h3-10,16-19,24H,11-15H2,1-2H3,(H,38,39)(H2,33,34,35,40,41)/t18-,19+/m1/s1. The minimum Gasteiger partial charge on any atom is -0.480 e. The van der Waals surface area contributed by atoms with E-state index in [-0.39, 0.29) is 60.7 Å². The van der Waals surface area contributed by atoms with Crippen LogP contribution in [0.5, 0.6) is 0 Å². The molecule has 13 nitrogen and oxygen atoms in total. The van der Waals surface area contributed by atoms with Crippen LogP contribution in [0.15, 0.2) is 59.7 Å². The minimum absolute atomic E-state index is 0.00400. The van der Waals surface area contributed by atoms with E-state index in [1.165, 1.54) is 11.2 Å². The smallest absolute Gasteiger partial charge is 0.410 e. The summed E-state index contributed by atoms with van der Waals surface area (Å²) in [6.45, 7) is 3.22. The second-order valence-corrected chi connectivity index (χ2v) is 11.3. The van der Waals surface area contributed by atoms with Gasteiger partial charge in [-0.1, -0.05) is 62.4 Å². The number of H-pyrrole nitrogens is 1. The predicted molar refractivity (Wildman–Crippen MR) is 159 cm³/mol. The first-order valence-corrected chi connectivity index (χ1v) is 14.4. The van der Waals surface area contributed by atoms with Crippen LogP contribution in [0.4, 0.5) is 10.7 Å². The van der Waals surface area contributed by atoms with E-state index in [1.54, 1.807) is 18.4 Å². The molecule has 3 N–H and O–H groups in total. The molecule has 2 aromatic heterocycles. The molecule has 1 aliphatic heterocycles. The fourth-order valence-electron chi connectivity index (χ4n) is 5.95. The Hall–Kier alpha value is -5.04. The van der Waals surface area contributed by atoms with E-state index < -0.39 is 30.3 Å². The Morgan fingerprint density at radius 3 is 2.41 bits per heavy atom. The number of hydrogen-bond acceptors (Lipinski definition) is 8. The van der Waals surface area contributed by atoms with Gasteiger partial charge in [-0.25, -0.2) is 14.6 Å². The molecule has 6 rings (SSSR count). The average molecular weight is 601 g/mol. The summed E-state index contributed by atoms with van der Waals surface area (Å²) in [5, 5.41) is 11.7. The normalized spacial score (nSPS) is 17.6. The molecule has 13 heteroatoms. The molecule has 44 heavy (non-hydrogen) atoms. The number of imidazole rings is 1. The maximum atomic E-state index is 13.6. The summed E-state index contributed by atoms with van der Waals surface area (Å²) in [5.41, 5.74) is 4.23. The van der Waals surface area contributed by atoms with E-state index in [1.807, 2.05) is 36.4 Å². The highest BCUT2D eigenvalue weighted by Crippen LogP contribution is 2.44. The Balaban J connectivity index is 1.23. The number of nitrogens with one attached hydrogen (secondary N) is 2. The molecular weight excluding hydrogens is 568 g/mol. The third kappa shape index (κ3) is 5.53. The van der Waals surface area contributed by atoms with Gasteiger partial charge < -0.3 is 24.0 Å². The molecule has 2 aromatic carbocycles. The largest absolute Gasteiger partial charge is 0.480 e. The zero-order valence-electron chi connectivity index (χ0n) is 24.2. The van der Waals surface area contributed by atoms with Crippen molar-refractivity contribution in [1.29, 1.82) is 0 Å². The maximum Gasteiger partial charge on any atom is 0.410 e. The summed E-state index contributed by atoms with van der Waals surface area (Å²) >= 11 is 0. The van der Waals surface area contributed by atoms with Crippen LogP contribution in [-0.2, 0) is 19.1 Å². The van der Waals surface area contributed by atoms with Gasteiger partial charge in [0.1, 0.15) is 13.2 Å². The van der Waals surface area contributed by atoms with Gasteiger partial charge in [-0.3, -0.25) is 19.9 Å². The van der Waals surface area contributed by atoms with Crippen LogP contribution in [-0.4, -0.2) is 79.9 Å². The molecule has 0 spiro atoms. The lowest BCUT2D eigenvalue weighted by Gasteiger charge is -2.24. The molecule has 2 aliphatic rings.